The Morgan fingerprint density at radius 3 is 2.50 bits per heavy atom. The van der Waals surface area contributed by atoms with E-state index < -0.39 is 10.0 Å². The first kappa shape index (κ1) is 12.7. The molecular formula is C12H13N3O2S. The monoisotopic (exact) mass is 263 g/mol. The first-order valence-electron chi connectivity index (χ1n) is 5.31. The van der Waals surface area contributed by atoms with E-state index in [1.165, 1.54) is 12.1 Å². The summed E-state index contributed by atoms with van der Waals surface area (Å²) < 4.78 is 22.7. The molecule has 6 heteroatoms. The van der Waals surface area contributed by atoms with Gasteiger partial charge in [0.15, 0.2) is 0 Å². The molecular weight excluding hydrogens is 250 g/mol. The van der Waals surface area contributed by atoms with Crippen molar-refractivity contribution in [2.45, 2.75) is 18.7 Å². The Morgan fingerprint density at radius 2 is 1.89 bits per heavy atom. The summed E-state index contributed by atoms with van der Waals surface area (Å²) in [5.74, 6) is 0.632. The molecule has 0 spiro atoms. The lowest BCUT2D eigenvalue weighted by Crippen LogP contribution is -2.12. The smallest absolute Gasteiger partial charge is 0.238 e. The van der Waals surface area contributed by atoms with Crippen LogP contribution in [0.1, 0.15) is 11.4 Å². The van der Waals surface area contributed by atoms with E-state index in [9.17, 15) is 8.42 Å². The van der Waals surface area contributed by atoms with Crippen LogP contribution >= 0.6 is 0 Å². The van der Waals surface area contributed by atoms with Gasteiger partial charge in [0.05, 0.1) is 10.6 Å². The van der Waals surface area contributed by atoms with E-state index in [1.54, 1.807) is 25.3 Å². The number of hydrogen-bond donors (Lipinski definition) is 1. The number of aromatic nitrogens is 2. The van der Waals surface area contributed by atoms with Crippen molar-refractivity contribution in [2.24, 2.45) is 5.14 Å². The third-order valence-corrected chi connectivity index (χ3v) is 3.50. The van der Waals surface area contributed by atoms with Gasteiger partial charge in [-0.05, 0) is 37.6 Å². The van der Waals surface area contributed by atoms with Gasteiger partial charge in [0.25, 0.3) is 0 Å². The molecule has 1 aromatic carbocycles. The van der Waals surface area contributed by atoms with Gasteiger partial charge in [-0.2, -0.15) is 0 Å². The molecule has 2 N–H and O–H groups in total. The van der Waals surface area contributed by atoms with Gasteiger partial charge in [-0.3, -0.25) is 0 Å². The molecule has 5 nitrogen and oxygen atoms in total. The summed E-state index contributed by atoms with van der Waals surface area (Å²) >= 11 is 0. The van der Waals surface area contributed by atoms with E-state index in [0.717, 1.165) is 11.1 Å². The highest BCUT2D eigenvalue weighted by atomic mass is 32.2. The van der Waals surface area contributed by atoms with Crippen LogP contribution in [0.5, 0.6) is 0 Å². The molecule has 0 saturated carbocycles. The second-order valence-corrected chi connectivity index (χ2v) is 5.57. The van der Waals surface area contributed by atoms with Crippen molar-refractivity contribution in [1.29, 1.82) is 0 Å². The maximum atomic E-state index is 11.3. The minimum Gasteiger partial charge on any atom is -0.242 e. The quantitative estimate of drug-likeness (QED) is 0.887. The number of rotatable bonds is 2. The van der Waals surface area contributed by atoms with Crippen molar-refractivity contribution in [1.82, 2.24) is 9.97 Å². The zero-order valence-corrected chi connectivity index (χ0v) is 10.9. The zero-order valence-electron chi connectivity index (χ0n) is 10.1. The number of nitrogens with two attached hydrogens (primary N) is 1. The number of sulfonamides is 1. The molecule has 1 aromatic heterocycles. The highest BCUT2D eigenvalue weighted by Crippen LogP contribution is 2.24. The molecule has 94 valence electrons. The Kier molecular flexibility index (Phi) is 3.14. The van der Waals surface area contributed by atoms with Crippen LogP contribution < -0.4 is 5.14 Å². The van der Waals surface area contributed by atoms with Gasteiger partial charge in [-0.25, -0.2) is 23.5 Å². The molecule has 0 aliphatic carbocycles. The lowest BCUT2D eigenvalue weighted by atomic mass is 10.1. The normalized spacial score (nSPS) is 11.5. The predicted octanol–water partition coefficient (Wildman–Crippen LogP) is 1.41. The van der Waals surface area contributed by atoms with E-state index in [0.29, 0.717) is 11.5 Å². The minimum absolute atomic E-state index is 0.0827. The van der Waals surface area contributed by atoms with E-state index in [2.05, 4.69) is 9.97 Å². The summed E-state index contributed by atoms with van der Waals surface area (Å²) in [5, 5.41) is 5.12. The SMILES string of the molecule is Cc1nccc(-c2cc(S(N)(=O)=O)ccc2C)n1. The summed E-state index contributed by atoms with van der Waals surface area (Å²) in [6.07, 6.45) is 1.64. The fourth-order valence-electron chi connectivity index (χ4n) is 1.66. The molecule has 0 bridgehead atoms. The molecule has 0 atom stereocenters. The third-order valence-electron chi connectivity index (χ3n) is 2.59. The van der Waals surface area contributed by atoms with Crippen molar-refractivity contribution >= 4 is 10.0 Å². The van der Waals surface area contributed by atoms with Crippen molar-refractivity contribution in [2.75, 3.05) is 0 Å². The highest BCUT2D eigenvalue weighted by molar-refractivity contribution is 7.89. The summed E-state index contributed by atoms with van der Waals surface area (Å²) in [5.41, 5.74) is 2.36. The number of benzene rings is 1. The second kappa shape index (κ2) is 4.47. The van der Waals surface area contributed by atoms with Gasteiger partial charge < -0.3 is 0 Å². The topological polar surface area (TPSA) is 85.9 Å². The fraction of sp³-hybridized carbons (Fsp3) is 0.167. The van der Waals surface area contributed by atoms with Crippen LogP contribution in [0.25, 0.3) is 11.3 Å². The number of hydrogen-bond acceptors (Lipinski definition) is 4. The maximum absolute atomic E-state index is 11.3. The van der Waals surface area contributed by atoms with Crippen molar-refractivity contribution < 1.29 is 8.42 Å². The number of aryl methyl sites for hydroxylation is 2. The lowest BCUT2D eigenvalue weighted by molar-refractivity contribution is 0.598. The van der Waals surface area contributed by atoms with Crippen LogP contribution in [0.2, 0.25) is 0 Å². The highest BCUT2D eigenvalue weighted by Gasteiger charge is 2.11. The van der Waals surface area contributed by atoms with Crippen molar-refractivity contribution in [3.8, 4) is 11.3 Å². The third kappa shape index (κ3) is 2.55. The summed E-state index contributed by atoms with van der Waals surface area (Å²) in [6, 6.07) is 6.48. The van der Waals surface area contributed by atoms with Crippen molar-refractivity contribution in [3.63, 3.8) is 0 Å². The number of primary sulfonamides is 1. The standard InChI is InChI=1S/C12H13N3O2S/c1-8-3-4-10(18(13,16)17)7-11(8)12-5-6-14-9(2)15-12/h3-7H,1-2H3,(H2,13,16,17). The summed E-state index contributed by atoms with van der Waals surface area (Å²) in [6.45, 7) is 3.67. The van der Waals surface area contributed by atoms with Crippen LogP contribution in [-0.4, -0.2) is 18.4 Å². The summed E-state index contributed by atoms with van der Waals surface area (Å²) in [4.78, 5) is 8.38. The van der Waals surface area contributed by atoms with Crippen LogP contribution in [0.15, 0.2) is 35.4 Å². The van der Waals surface area contributed by atoms with E-state index in [1.807, 2.05) is 6.92 Å². The average molecular weight is 263 g/mol. The molecule has 0 fully saturated rings. The lowest BCUT2D eigenvalue weighted by Gasteiger charge is -2.07. The average Bonchev–Trinajstić information content (AvgIpc) is 2.28. The van der Waals surface area contributed by atoms with Crippen LogP contribution in [0, 0.1) is 13.8 Å². The molecule has 2 aromatic rings. The largest absolute Gasteiger partial charge is 0.242 e. The Morgan fingerprint density at radius 1 is 1.17 bits per heavy atom. The fourth-order valence-corrected chi connectivity index (χ4v) is 2.20. The van der Waals surface area contributed by atoms with E-state index in [-0.39, 0.29) is 4.90 Å². The molecule has 0 radical (unpaired) electrons. The van der Waals surface area contributed by atoms with Gasteiger partial charge in [0.1, 0.15) is 5.82 Å². The Labute approximate surface area is 106 Å². The van der Waals surface area contributed by atoms with Crippen LogP contribution in [0.3, 0.4) is 0 Å². The van der Waals surface area contributed by atoms with Gasteiger partial charge in [-0.15, -0.1) is 0 Å². The first-order chi connectivity index (χ1) is 8.38. The molecule has 1 heterocycles. The van der Waals surface area contributed by atoms with Gasteiger partial charge >= 0.3 is 0 Å². The van der Waals surface area contributed by atoms with Gasteiger partial charge in [-0.1, -0.05) is 6.07 Å². The van der Waals surface area contributed by atoms with Crippen LogP contribution in [-0.2, 0) is 10.0 Å². The second-order valence-electron chi connectivity index (χ2n) is 4.01. The molecule has 0 aliphatic rings. The molecule has 0 saturated heterocycles. The zero-order chi connectivity index (χ0) is 13.3. The number of nitrogens with zero attached hydrogens (tertiary/aromatic N) is 2. The molecule has 0 unspecified atom stereocenters. The molecule has 2 rings (SSSR count). The van der Waals surface area contributed by atoms with E-state index in [4.69, 9.17) is 5.14 Å². The molecule has 0 aliphatic heterocycles. The van der Waals surface area contributed by atoms with Crippen molar-refractivity contribution in [3.05, 3.63) is 41.9 Å². The van der Waals surface area contributed by atoms with Gasteiger partial charge in [0.2, 0.25) is 10.0 Å². The minimum atomic E-state index is -3.70. The molecule has 18 heavy (non-hydrogen) atoms. The summed E-state index contributed by atoms with van der Waals surface area (Å²) in [7, 11) is -3.70. The maximum Gasteiger partial charge on any atom is 0.238 e. The van der Waals surface area contributed by atoms with Gasteiger partial charge in [0, 0.05) is 11.8 Å². The van der Waals surface area contributed by atoms with E-state index >= 15 is 0 Å². The first-order valence-corrected chi connectivity index (χ1v) is 6.86. The Bertz CT molecular complexity index is 696. The van der Waals surface area contributed by atoms with Crippen LogP contribution in [0.4, 0.5) is 0 Å². The Balaban J connectivity index is 2.64. The molecule has 0 amide bonds. The predicted molar refractivity (Wildman–Crippen MR) is 68.3 cm³/mol. The Hall–Kier alpha value is -1.79.